The molecule has 4 fully saturated rings. The molecule has 5 nitrogen and oxygen atoms in total. The van der Waals surface area contributed by atoms with Gasteiger partial charge in [0.2, 0.25) is 0 Å². The number of fused-ring (bicyclic) bond motifs is 5. The number of aliphatic hydroxyl groups is 2. The summed E-state index contributed by atoms with van der Waals surface area (Å²) in [6.07, 6.45) is 5.56. The van der Waals surface area contributed by atoms with E-state index in [4.69, 9.17) is 5.11 Å². The van der Waals surface area contributed by atoms with Crippen LogP contribution in [-0.4, -0.2) is 39.3 Å². The van der Waals surface area contributed by atoms with Crippen molar-refractivity contribution in [2.75, 3.05) is 0 Å². The second-order valence-electron chi connectivity index (χ2n) is 11.2. The van der Waals surface area contributed by atoms with E-state index in [0.717, 1.165) is 19.3 Å². The number of rotatable bonds is 4. The predicted octanol–water partition coefficient (Wildman–Crippen LogP) is 3.66. The van der Waals surface area contributed by atoms with Crippen LogP contribution in [0.3, 0.4) is 0 Å². The fraction of sp³-hybridized carbons (Fsp3) is 0.917. The zero-order valence-corrected chi connectivity index (χ0v) is 18.1. The molecule has 4 saturated carbocycles. The first-order valence-corrected chi connectivity index (χ1v) is 11.7. The molecule has 164 valence electrons. The summed E-state index contributed by atoms with van der Waals surface area (Å²) in [6, 6.07) is 0. The number of carboxylic acids is 1. The molecule has 0 aliphatic heterocycles. The first kappa shape index (κ1) is 21.3. The normalized spacial score (nSPS) is 50.4. The number of hydrogen-bond donors (Lipinski definition) is 3. The van der Waals surface area contributed by atoms with Crippen molar-refractivity contribution in [3.8, 4) is 0 Å². The first-order chi connectivity index (χ1) is 13.6. The Labute approximate surface area is 174 Å². The van der Waals surface area contributed by atoms with Crippen molar-refractivity contribution in [1.82, 2.24) is 0 Å². The Balaban J connectivity index is 1.61. The van der Waals surface area contributed by atoms with E-state index in [-0.39, 0.29) is 46.8 Å². The summed E-state index contributed by atoms with van der Waals surface area (Å²) in [6.45, 7) is 6.66. The summed E-state index contributed by atoms with van der Waals surface area (Å²) >= 11 is 0. The molecule has 0 heterocycles. The number of aliphatic hydroxyl groups excluding tert-OH is 2. The highest BCUT2D eigenvalue weighted by Gasteiger charge is 2.65. The van der Waals surface area contributed by atoms with Crippen LogP contribution >= 0.6 is 0 Å². The van der Waals surface area contributed by atoms with Crippen molar-refractivity contribution in [3.05, 3.63) is 0 Å². The van der Waals surface area contributed by atoms with E-state index in [1.165, 1.54) is 0 Å². The van der Waals surface area contributed by atoms with Crippen molar-refractivity contribution in [3.63, 3.8) is 0 Å². The molecule has 0 aromatic carbocycles. The van der Waals surface area contributed by atoms with E-state index in [2.05, 4.69) is 20.8 Å². The van der Waals surface area contributed by atoms with Crippen molar-refractivity contribution in [1.29, 1.82) is 0 Å². The second kappa shape index (κ2) is 7.33. The quantitative estimate of drug-likeness (QED) is 0.662. The van der Waals surface area contributed by atoms with Crippen molar-refractivity contribution in [2.45, 2.75) is 90.8 Å². The lowest BCUT2D eigenvalue weighted by molar-refractivity contribution is -0.201. The van der Waals surface area contributed by atoms with Gasteiger partial charge < -0.3 is 15.3 Å². The lowest BCUT2D eigenvalue weighted by atomic mass is 9.43. The maximum absolute atomic E-state index is 12.1. The summed E-state index contributed by atoms with van der Waals surface area (Å²) in [5, 5.41) is 31.8. The highest BCUT2D eigenvalue weighted by atomic mass is 16.4. The SMILES string of the molecule is C[C@@H](CCC(=O)O)[C@H]1CC[C@H]2[C@@H]3[C@H](O)C[C@@H]4CC(=O)CC[C@]4(C)[C@H]3C[C@H](O)[C@]12C. The fourth-order valence-corrected chi connectivity index (χ4v) is 8.50. The zero-order valence-electron chi connectivity index (χ0n) is 18.1. The van der Waals surface area contributed by atoms with E-state index in [1.54, 1.807) is 0 Å². The van der Waals surface area contributed by atoms with Gasteiger partial charge in [-0.05, 0) is 84.9 Å². The molecular weight excluding hydrogens is 368 g/mol. The van der Waals surface area contributed by atoms with E-state index in [1.807, 2.05) is 0 Å². The third-order valence-corrected chi connectivity index (χ3v) is 10.2. The van der Waals surface area contributed by atoms with E-state index in [9.17, 15) is 19.8 Å². The highest BCUT2D eigenvalue weighted by Crippen LogP contribution is 2.68. The highest BCUT2D eigenvalue weighted by molar-refractivity contribution is 5.79. The number of aliphatic carboxylic acids is 1. The lowest BCUT2D eigenvalue weighted by Crippen LogP contribution is -2.62. The fourth-order valence-electron chi connectivity index (χ4n) is 8.50. The Morgan fingerprint density at radius 1 is 1.17 bits per heavy atom. The first-order valence-electron chi connectivity index (χ1n) is 11.7. The molecule has 0 aromatic heterocycles. The Hall–Kier alpha value is -0.940. The van der Waals surface area contributed by atoms with Gasteiger partial charge in [-0.15, -0.1) is 0 Å². The molecule has 0 radical (unpaired) electrons. The van der Waals surface area contributed by atoms with Crippen LogP contribution in [0.4, 0.5) is 0 Å². The van der Waals surface area contributed by atoms with Gasteiger partial charge in [0.05, 0.1) is 12.2 Å². The Bertz CT molecular complexity index is 676. The standard InChI is InChI=1S/C24H38O5/c1-13(4-7-21(28)29)16-5-6-17-22-18(12-20(27)24(16,17)3)23(2)9-8-15(25)10-14(23)11-19(22)26/h13-14,16-20,22,26-27H,4-12H2,1-3H3,(H,28,29)/t13-,14-,16+,17-,18-,19+,20-,22-,23-,24+/m0/s1. The molecule has 4 rings (SSSR count). The average Bonchev–Trinajstić information content (AvgIpc) is 3.01. The largest absolute Gasteiger partial charge is 0.481 e. The predicted molar refractivity (Wildman–Crippen MR) is 109 cm³/mol. The molecule has 3 N–H and O–H groups in total. The van der Waals surface area contributed by atoms with Crippen molar-refractivity contribution >= 4 is 11.8 Å². The maximum atomic E-state index is 12.1. The molecule has 4 aliphatic carbocycles. The minimum atomic E-state index is -0.755. The number of hydrogen-bond acceptors (Lipinski definition) is 4. The number of carbonyl (C=O) groups is 2. The topological polar surface area (TPSA) is 94.8 Å². The summed E-state index contributed by atoms with van der Waals surface area (Å²) in [4.78, 5) is 23.1. The van der Waals surface area contributed by atoms with Crippen LogP contribution in [0.15, 0.2) is 0 Å². The van der Waals surface area contributed by atoms with E-state index in [0.29, 0.717) is 43.8 Å². The molecule has 0 unspecified atom stereocenters. The van der Waals surface area contributed by atoms with Gasteiger partial charge in [0, 0.05) is 19.3 Å². The van der Waals surface area contributed by atoms with Gasteiger partial charge in [-0.25, -0.2) is 0 Å². The molecule has 4 aliphatic rings. The Morgan fingerprint density at radius 2 is 1.90 bits per heavy atom. The summed E-state index contributed by atoms with van der Waals surface area (Å²) in [5.41, 5.74) is -0.221. The maximum Gasteiger partial charge on any atom is 0.303 e. The smallest absolute Gasteiger partial charge is 0.303 e. The summed E-state index contributed by atoms with van der Waals surface area (Å²) in [5.74, 6) is 1.10. The number of carbonyl (C=O) groups excluding carboxylic acids is 1. The summed E-state index contributed by atoms with van der Waals surface area (Å²) in [7, 11) is 0. The molecule has 5 heteroatoms. The van der Waals surface area contributed by atoms with Gasteiger partial charge in [0.25, 0.3) is 0 Å². The summed E-state index contributed by atoms with van der Waals surface area (Å²) < 4.78 is 0. The van der Waals surface area contributed by atoms with Gasteiger partial charge in [-0.2, -0.15) is 0 Å². The van der Waals surface area contributed by atoms with E-state index < -0.39 is 18.2 Å². The van der Waals surface area contributed by atoms with Gasteiger partial charge in [-0.3, -0.25) is 9.59 Å². The lowest BCUT2D eigenvalue weighted by Gasteiger charge is -2.63. The van der Waals surface area contributed by atoms with Crippen molar-refractivity contribution < 1.29 is 24.9 Å². The Kier molecular flexibility index (Phi) is 5.39. The Morgan fingerprint density at radius 3 is 2.59 bits per heavy atom. The van der Waals surface area contributed by atoms with Gasteiger partial charge in [0.15, 0.2) is 0 Å². The van der Waals surface area contributed by atoms with Crippen LogP contribution in [0.25, 0.3) is 0 Å². The number of ketones is 1. The number of Topliss-reactive ketones (excluding diaryl/α,β-unsaturated/α-hetero) is 1. The van der Waals surface area contributed by atoms with Crippen LogP contribution in [0.1, 0.15) is 78.6 Å². The number of carboxylic acid groups (broad SMARTS) is 1. The monoisotopic (exact) mass is 406 g/mol. The molecular formula is C24H38O5. The zero-order chi connectivity index (χ0) is 21.1. The molecule has 29 heavy (non-hydrogen) atoms. The molecule has 0 amide bonds. The van der Waals surface area contributed by atoms with E-state index >= 15 is 0 Å². The minimum absolute atomic E-state index is 0.0348. The molecule has 10 atom stereocenters. The van der Waals surface area contributed by atoms with Crippen LogP contribution in [0.2, 0.25) is 0 Å². The molecule has 0 aromatic rings. The molecule has 0 bridgehead atoms. The van der Waals surface area contributed by atoms with Gasteiger partial charge >= 0.3 is 5.97 Å². The third-order valence-electron chi connectivity index (χ3n) is 10.2. The average molecular weight is 407 g/mol. The van der Waals surface area contributed by atoms with Crippen LogP contribution in [-0.2, 0) is 9.59 Å². The molecule has 0 spiro atoms. The van der Waals surface area contributed by atoms with Crippen LogP contribution in [0.5, 0.6) is 0 Å². The van der Waals surface area contributed by atoms with Gasteiger partial charge in [-0.1, -0.05) is 20.8 Å². The van der Waals surface area contributed by atoms with Gasteiger partial charge in [0.1, 0.15) is 5.78 Å². The third kappa shape index (κ3) is 3.18. The van der Waals surface area contributed by atoms with Crippen molar-refractivity contribution in [2.24, 2.45) is 46.3 Å². The minimum Gasteiger partial charge on any atom is -0.481 e. The van der Waals surface area contributed by atoms with Crippen LogP contribution < -0.4 is 0 Å². The second-order valence-corrected chi connectivity index (χ2v) is 11.2. The van der Waals surface area contributed by atoms with Crippen LogP contribution in [0, 0.1) is 46.3 Å². The molecule has 0 saturated heterocycles.